The smallest absolute Gasteiger partial charge is 0.115 e. The molecule has 1 aromatic rings. The molecule has 72 valence electrons. The summed E-state index contributed by atoms with van der Waals surface area (Å²) in [6.45, 7) is 2.89. The molecule has 4 heteroatoms. The van der Waals surface area contributed by atoms with Gasteiger partial charge >= 0.3 is 0 Å². The van der Waals surface area contributed by atoms with E-state index in [4.69, 9.17) is 5.11 Å². The Morgan fingerprint density at radius 3 is 3.00 bits per heavy atom. The summed E-state index contributed by atoms with van der Waals surface area (Å²) >= 11 is 0. The Kier molecular flexibility index (Phi) is 4.35. The zero-order valence-corrected chi connectivity index (χ0v) is 7.77. The second-order valence-electron chi connectivity index (χ2n) is 2.87. The molecule has 1 aromatic heterocycles. The number of aromatic nitrogens is 2. The summed E-state index contributed by atoms with van der Waals surface area (Å²) in [6.07, 6.45) is 4.16. The van der Waals surface area contributed by atoms with Gasteiger partial charge in [0.15, 0.2) is 0 Å². The van der Waals surface area contributed by atoms with Crippen molar-refractivity contribution in [3.63, 3.8) is 0 Å². The van der Waals surface area contributed by atoms with E-state index < -0.39 is 0 Å². The lowest BCUT2D eigenvalue weighted by molar-refractivity contribution is 0.238. The van der Waals surface area contributed by atoms with E-state index in [2.05, 4.69) is 15.3 Å². The van der Waals surface area contributed by atoms with Gasteiger partial charge in [0.25, 0.3) is 0 Å². The first kappa shape index (κ1) is 10.1. The molecule has 0 aliphatic heterocycles. The highest BCUT2D eigenvalue weighted by atomic mass is 16.3. The second kappa shape index (κ2) is 5.61. The van der Waals surface area contributed by atoms with E-state index in [1.54, 1.807) is 6.20 Å². The minimum absolute atomic E-state index is 0.162. The average Bonchev–Trinajstić information content (AvgIpc) is 2.21. The van der Waals surface area contributed by atoms with Crippen LogP contribution >= 0.6 is 0 Å². The van der Waals surface area contributed by atoms with Crippen LogP contribution in [0.1, 0.15) is 19.0 Å². The number of nitrogens with one attached hydrogen (secondary N) is 1. The van der Waals surface area contributed by atoms with Gasteiger partial charge in [0.1, 0.15) is 6.33 Å². The maximum absolute atomic E-state index is 8.91. The van der Waals surface area contributed by atoms with Crippen molar-refractivity contribution in [3.8, 4) is 0 Å². The molecule has 0 amide bonds. The lowest BCUT2D eigenvalue weighted by atomic mass is 10.2. The third-order valence-electron chi connectivity index (χ3n) is 1.93. The summed E-state index contributed by atoms with van der Waals surface area (Å²) in [5.41, 5.74) is 0.946. The van der Waals surface area contributed by atoms with Crippen LogP contribution in [-0.2, 0) is 6.54 Å². The lowest BCUT2D eigenvalue weighted by Crippen LogP contribution is -2.31. The molecule has 0 aliphatic rings. The van der Waals surface area contributed by atoms with Crippen LogP contribution in [-0.4, -0.2) is 27.7 Å². The number of nitrogens with zero attached hydrogens (tertiary/aromatic N) is 2. The normalized spacial score (nSPS) is 12.8. The number of aliphatic hydroxyl groups is 1. The van der Waals surface area contributed by atoms with Crippen molar-refractivity contribution in [2.75, 3.05) is 6.61 Å². The molecule has 0 saturated carbocycles. The maximum atomic E-state index is 8.91. The van der Waals surface area contributed by atoms with E-state index in [0.29, 0.717) is 6.54 Å². The number of hydrogen-bond acceptors (Lipinski definition) is 4. The van der Waals surface area contributed by atoms with E-state index >= 15 is 0 Å². The predicted molar refractivity (Wildman–Crippen MR) is 50.0 cm³/mol. The number of hydrogen-bond donors (Lipinski definition) is 2. The van der Waals surface area contributed by atoms with Gasteiger partial charge in [0.05, 0.1) is 12.3 Å². The van der Waals surface area contributed by atoms with Crippen LogP contribution in [0.2, 0.25) is 0 Å². The molecule has 0 fully saturated rings. The molecule has 0 spiro atoms. The third-order valence-corrected chi connectivity index (χ3v) is 1.93. The summed E-state index contributed by atoms with van der Waals surface area (Å²) in [4.78, 5) is 7.89. The van der Waals surface area contributed by atoms with E-state index in [-0.39, 0.29) is 12.6 Å². The monoisotopic (exact) mass is 181 g/mol. The SMILES string of the molecule is CC[C@@H](CO)NCc1ccncn1. The van der Waals surface area contributed by atoms with Gasteiger partial charge in [-0.05, 0) is 12.5 Å². The van der Waals surface area contributed by atoms with Crippen molar-refractivity contribution in [2.45, 2.75) is 25.9 Å². The Morgan fingerprint density at radius 1 is 1.62 bits per heavy atom. The molecule has 4 nitrogen and oxygen atoms in total. The Labute approximate surface area is 78.0 Å². The van der Waals surface area contributed by atoms with Crippen LogP contribution in [0, 0.1) is 0 Å². The fourth-order valence-corrected chi connectivity index (χ4v) is 1.01. The molecule has 1 rings (SSSR count). The van der Waals surface area contributed by atoms with E-state index in [1.165, 1.54) is 6.33 Å². The van der Waals surface area contributed by atoms with Crippen LogP contribution in [0.15, 0.2) is 18.6 Å². The molecule has 0 bridgehead atoms. The van der Waals surface area contributed by atoms with Crippen molar-refractivity contribution in [1.82, 2.24) is 15.3 Å². The Balaban J connectivity index is 2.34. The van der Waals surface area contributed by atoms with Crippen molar-refractivity contribution in [3.05, 3.63) is 24.3 Å². The van der Waals surface area contributed by atoms with Gasteiger partial charge in [0.2, 0.25) is 0 Å². The molecular weight excluding hydrogens is 166 g/mol. The van der Waals surface area contributed by atoms with Crippen LogP contribution in [0.3, 0.4) is 0 Å². The first-order chi connectivity index (χ1) is 6.36. The van der Waals surface area contributed by atoms with Crippen LogP contribution in [0.4, 0.5) is 0 Å². The standard InChI is InChI=1S/C9H15N3O/c1-2-8(6-13)11-5-9-3-4-10-7-12-9/h3-4,7-8,11,13H,2,5-6H2,1H3/t8-/m0/s1. The van der Waals surface area contributed by atoms with Crippen molar-refractivity contribution in [2.24, 2.45) is 0 Å². The molecular formula is C9H15N3O. The Hall–Kier alpha value is -1.00. The van der Waals surface area contributed by atoms with E-state index in [1.807, 2.05) is 13.0 Å². The molecule has 0 aliphatic carbocycles. The third kappa shape index (κ3) is 3.48. The van der Waals surface area contributed by atoms with Crippen LogP contribution in [0.25, 0.3) is 0 Å². The first-order valence-electron chi connectivity index (χ1n) is 4.46. The quantitative estimate of drug-likeness (QED) is 0.687. The fraction of sp³-hybridized carbons (Fsp3) is 0.556. The predicted octanol–water partition coefficient (Wildman–Crippen LogP) is 0.337. The molecule has 0 radical (unpaired) electrons. The van der Waals surface area contributed by atoms with Crippen molar-refractivity contribution < 1.29 is 5.11 Å². The van der Waals surface area contributed by atoms with Gasteiger partial charge in [0, 0.05) is 18.8 Å². The molecule has 1 heterocycles. The Morgan fingerprint density at radius 2 is 2.46 bits per heavy atom. The van der Waals surface area contributed by atoms with E-state index in [0.717, 1.165) is 12.1 Å². The number of aliphatic hydroxyl groups excluding tert-OH is 1. The number of rotatable bonds is 5. The molecule has 2 N–H and O–H groups in total. The minimum atomic E-state index is 0.162. The topological polar surface area (TPSA) is 58.0 Å². The van der Waals surface area contributed by atoms with Crippen molar-refractivity contribution in [1.29, 1.82) is 0 Å². The van der Waals surface area contributed by atoms with Crippen molar-refractivity contribution >= 4 is 0 Å². The maximum Gasteiger partial charge on any atom is 0.115 e. The van der Waals surface area contributed by atoms with Gasteiger partial charge < -0.3 is 10.4 Å². The Bertz CT molecular complexity index is 224. The van der Waals surface area contributed by atoms with Gasteiger partial charge in [-0.3, -0.25) is 0 Å². The average molecular weight is 181 g/mol. The fourth-order valence-electron chi connectivity index (χ4n) is 1.01. The second-order valence-corrected chi connectivity index (χ2v) is 2.87. The van der Waals surface area contributed by atoms with Gasteiger partial charge in [-0.25, -0.2) is 9.97 Å². The highest BCUT2D eigenvalue weighted by Gasteiger charge is 2.02. The summed E-state index contributed by atoms with van der Waals surface area (Å²) < 4.78 is 0. The molecule has 13 heavy (non-hydrogen) atoms. The molecule has 1 atom stereocenters. The summed E-state index contributed by atoms with van der Waals surface area (Å²) in [6, 6.07) is 2.02. The minimum Gasteiger partial charge on any atom is -0.395 e. The molecule has 0 aromatic carbocycles. The van der Waals surface area contributed by atoms with Crippen LogP contribution in [0.5, 0.6) is 0 Å². The molecule has 0 unspecified atom stereocenters. The van der Waals surface area contributed by atoms with E-state index in [9.17, 15) is 0 Å². The summed E-state index contributed by atoms with van der Waals surface area (Å²) in [7, 11) is 0. The van der Waals surface area contributed by atoms with Gasteiger partial charge in [-0.15, -0.1) is 0 Å². The summed E-state index contributed by atoms with van der Waals surface area (Å²) in [5.74, 6) is 0. The van der Waals surface area contributed by atoms with Gasteiger partial charge in [-0.2, -0.15) is 0 Å². The van der Waals surface area contributed by atoms with Crippen LogP contribution < -0.4 is 5.32 Å². The largest absolute Gasteiger partial charge is 0.395 e. The highest BCUT2D eigenvalue weighted by molar-refractivity contribution is 4.97. The first-order valence-corrected chi connectivity index (χ1v) is 4.46. The molecule has 0 saturated heterocycles. The zero-order chi connectivity index (χ0) is 9.52. The van der Waals surface area contributed by atoms with Gasteiger partial charge in [-0.1, -0.05) is 6.92 Å². The zero-order valence-electron chi connectivity index (χ0n) is 7.77. The summed E-state index contributed by atoms with van der Waals surface area (Å²) in [5, 5.41) is 12.1. The highest BCUT2D eigenvalue weighted by Crippen LogP contribution is 1.94. The lowest BCUT2D eigenvalue weighted by Gasteiger charge is -2.12.